The first-order chi connectivity index (χ1) is 7.79. The van der Waals surface area contributed by atoms with E-state index >= 15 is 0 Å². The molecular formula is C11H15BClNO3. The molecular weight excluding hydrogens is 240 g/mol. The minimum Gasteiger partial charge on any atom is -0.489 e. The number of halogens is 1. The number of benzene rings is 1. The Morgan fingerprint density at radius 2 is 2.29 bits per heavy atom. The summed E-state index contributed by atoms with van der Waals surface area (Å²) in [6.07, 6.45) is -0.0195. The van der Waals surface area contributed by atoms with Crippen LogP contribution in [0, 0.1) is 0 Å². The predicted octanol–water partition coefficient (Wildman–Crippen LogP) is 0.631. The second-order valence-electron chi connectivity index (χ2n) is 4.21. The van der Waals surface area contributed by atoms with Crippen LogP contribution in [0.4, 0.5) is 0 Å². The first-order valence-electron chi connectivity index (χ1n) is 5.56. The van der Waals surface area contributed by atoms with Crippen molar-refractivity contribution in [2.75, 3.05) is 13.2 Å². The number of hydrogen-bond acceptors (Lipinski definition) is 4. The van der Waals surface area contributed by atoms with Crippen molar-refractivity contribution in [2.45, 2.75) is 19.1 Å². The quantitative estimate of drug-likeness (QED) is 0.748. The van der Waals surface area contributed by atoms with E-state index in [0.29, 0.717) is 13.2 Å². The molecule has 0 unspecified atom stereocenters. The maximum absolute atomic E-state index is 5.80. The Labute approximate surface area is 107 Å². The molecule has 4 nitrogen and oxygen atoms in total. The van der Waals surface area contributed by atoms with Crippen molar-refractivity contribution in [1.29, 1.82) is 0 Å². The van der Waals surface area contributed by atoms with Crippen molar-refractivity contribution in [3.63, 3.8) is 0 Å². The third-order valence-electron chi connectivity index (χ3n) is 2.99. The first kappa shape index (κ1) is 12.7. The van der Waals surface area contributed by atoms with E-state index in [1.54, 1.807) is 0 Å². The van der Waals surface area contributed by atoms with E-state index in [2.05, 4.69) is 0 Å². The lowest BCUT2D eigenvalue weighted by atomic mass is 9.78. The molecule has 0 radical (unpaired) electrons. The van der Waals surface area contributed by atoms with Crippen LogP contribution in [-0.2, 0) is 9.31 Å². The van der Waals surface area contributed by atoms with E-state index in [0.717, 1.165) is 16.8 Å². The van der Waals surface area contributed by atoms with Crippen LogP contribution in [-0.4, -0.2) is 26.4 Å². The SMILES string of the molecule is C[C@@H]1COB2O[C@H](CN)c3cccc(c32)O1.Cl. The van der Waals surface area contributed by atoms with E-state index in [1.165, 1.54) is 0 Å². The standard InChI is InChI=1S/C11H14BNO3.ClH/c1-7-6-14-12-11-8(10(5-13)16-12)3-2-4-9(11)15-7;/h2-4,7,10H,5-6,13H2,1H3;1H/t7-,10-;/m1./s1. The van der Waals surface area contributed by atoms with Gasteiger partial charge in [-0.25, -0.2) is 0 Å². The Balaban J connectivity index is 0.00000108. The van der Waals surface area contributed by atoms with Crippen LogP contribution in [0.5, 0.6) is 5.75 Å². The zero-order chi connectivity index (χ0) is 11.1. The van der Waals surface area contributed by atoms with Crippen LogP contribution in [0.3, 0.4) is 0 Å². The highest BCUT2D eigenvalue weighted by Crippen LogP contribution is 2.30. The Morgan fingerprint density at radius 3 is 3.06 bits per heavy atom. The molecule has 2 aliphatic rings. The Morgan fingerprint density at radius 1 is 1.47 bits per heavy atom. The van der Waals surface area contributed by atoms with Crippen molar-refractivity contribution in [3.8, 4) is 5.75 Å². The highest BCUT2D eigenvalue weighted by molar-refractivity contribution is 6.64. The van der Waals surface area contributed by atoms with Gasteiger partial charge in [0, 0.05) is 12.0 Å². The summed E-state index contributed by atoms with van der Waals surface area (Å²) in [5.41, 5.74) is 7.79. The number of hydrogen-bond donors (Lipinski definition) is 1. The minimum absolute atomic E-state index is 0. The molecule has 2 N–H and O–H groups in total. The van der Waals surface area contributed by atoms with E-state index in [-0.39, 0.29) is 31.7 Å². The summed E-state index contributed by atoms with van der Waals surface area (Å²) in [4.78, 5) is 0. The summed E-state index contributed by atoms with van der Waals surface area (Å²) >= 11 is 0. The van der Waals surface area contributed by atoms with Crippen LogP contribution in [0.15, 0.2) is 18.2 Å². The molecule has 0 fully saturated rings. The fourth-order valence-corrected chi connectivity index (χ4v) is 2.27. The molecule has 1 aromatic rings. The maximum atomic E-state index is 5.80. The normalized spacial score (nSPS) is 25.6. The van der Waals surface area contributed by atoms with Gasteiger partial charge in [-0.15, -0.1) is 12.4 Å². The highest BCUT2D eigenvalue weighted by atomic mass is 35.5. The van der Waals surface area contributed by atoms with E-state index in [4.69, 9.17) is 19.8 Å². The molecule has 6 heteroatoms. The lowest BCUT2D eigenvalue weighted by molar-refractivity contribution is 0.113. The number of rotatable bonds is 1. The van der Waals surface area contributed by atoms with E-state index < -0.39 is 0 Å². The second kappa shape index (κ2) is 4.86. The summed E-state index contributed by atoms with van der Waals surface area (Å²) in [7, 11) is -0.315. The molecule has 0 saturated carbocycles. The predicted molar refractivity (Wildman–Crippen MR) is 68.0 cm³/mol. The van der Waals surface area contributed by atoms with Gasteiger partial charge in [-0.3, -0.25) is 0 Å². The van der Waals surface area contributed by atoms with Crippen LogP contribution in [0.25, 0.3) is 0 Å². The average Bonchev–Trinajstić information content (AvgIpc) is 2.57. The molecule has 1 aromatic carbocycles. The molecule has 0 amide bonds. The molecule has 2 aliphatic heterocycles. The molecule has 0 spiro atoms. The topological polar surface area (TPSA) is 53.7 Å². The number of ether oxygens (including phenoxy) is 1. The van der Waals surface area contributed by atoms with Gasteiger partial charge < -0.3 is 19.8 Å². The monoisotopic (exact) mass is 255 g/mol. The largest absolute Gasteiger partial charge is 0.498 e. The van der Waals surface area contributed by atoms with Gasteiger partial charge >= 0.3 is 7.12 Å². The van der Waals surface area contributed by atoms with Gasteiger partial charge in [-0.1, -0.05) is 12.1 Å². The van der Waals surface area contributed by atoms with Crippen LogP contribution in [0.1, 0.15) is 18.6 Å². The van der Waals surface area contributed by atoms with Gasteiger partial charge in [-0.2, -0.15) is 0 Å². The molecule has 17 heavy (non-hydrogen) atoms. The van der Waals surface area contributed by atoms with Crippen molar-refractivity contribution in [3.05, 3.63) is 23.8 Å². The van der Waals surface area contributed by atoms with Gasteiger partial charge in [0.15, 0.2) is 0 Å². The third-order valence-corrected chi connectivity index (χ3v) is 2.99. The molecule has 0 aromatic heterocycles. The van der Waals surface area contributed by atoms with Gasteiger partial charge in [0.1, 0.15) is 11.9 Å². The van der Waals surface area contributed by atoms with Crippen molar-refractivity contribution in [1.82, 2.24) is 0 Å². The molecule has 2 heterocycles. The lowest BCUT2D eigenvalue weighted by Gasteiger charge is -2.15. The third kappa shape index (κ3) is 2.04. The zero-order valence-corrected chi connectivity index (χ0v) is 10.4. The van der Waals surface area contributed by atoms with Crippen LogP contribution < -0.4 is 15.9 Å². The van der Waals surface area contributed by atoms with Crippen molar-refractivity contribution in [2.24, 2.45) is 5.73 Å². The van der Waals surface area contributed by atoms with Crippen LogP contribution >= 0.6 is 12.4 Å². The molecule has 3 rings (SSSR count). The maximum Gasteiger partial charge on any atom is 0.498 e. The average molecular weight is 256 g/mol. The summed E-state index contributed by atoms with van der Waals surface area (Å²) in [5, 5.41) is 0. The number of nitrogens with two attached hydrogens (primary N) is 1. The molecule has 92 valence electrons. The second-order valence-corrected chi connectivity index (χ2v) is 4.21. The Bertz CT molecular complexity index is 418. The van der Waals surface area contributed by atoms with Gasteiger partial charge in [0.05, 0.1) is 12.7 Å². The molecule has 0 bridgehead atoms. The van der Waals surface area contributed by atoms with E-state index in [9.17, 15) is 0 Å². The first-order valence-corrected chi connectivity index (χ1v) is 5.56. The Kier molecular flexibility index (Phi) is 3.63. The molecule has 2 atom stereocenters. The molecule has 0 saturated heterocycles. The summed E-state index contributed by atoms with van der Waals surface area (Å²) in [6, 6.07) is 5.96. The fourth-order valence-electron chi connectivity index (χ4n) is 2.27. The van der Waals surface area contributed by atoms with Crippen molar-refractivity contribution < 1.29 is 14.0 Å². The summed E-state index contributed by atoms with van der Waals surface area (Å²) in [5.74, 6) is 0.864. The van der Waals surface area contributed by atoms with Gasteiger partial charge in [0.2, 0.25) is 0 Å². The van der Waals surface area contributed by atoms with Gasteiger partial charge in [-0.05, 0) is 18.6 Å². The van der Waals surface area contributed by atoms with E-state index in [1.807, 2.05) is 25.1 Å². The van der Waals surface area contributed by atoms with Crippen LogP contribution in [0.2, 0.25) is 0 Å². The molecule has 0 aliphatic carbocycles. The minimum atomic E-state index is -0.315. The lowest BCUT2D eigenvalue weighted by Crippen LogP contribution is -2.31. The summed E-state index contributed by atoms with van der Waals surface area (Å²) in [6.45, 7) is 2.99. The smallest absolute Gasteiger partial charge is 0.489 e. The zero-order valence-electron chi connectivity index (χ0n) is 9.59. The van der Waals surface area contributed by atoms with Gasteiger partial charge in [0.25, 0.3) is 0 Å². The highest BCUT2D eigenvalue weighted by Gasteiger charge is 2.41. The summed E-state index contributed by atoms with van der Waals surface area (Å²) < 4.78 is 17.2. The Hall–Kier alpha value is -0.745. The fraction of sp³-hybridized carbons (Fsp3) is 0.455. The van der Waals surface area contributed by atoms with Crippen molar-refractivity contribution >= 4 is 25.0 Å².